The second kappa shape index (κ2) is 6.58. The van der Waals surface area contributed by atoms with Crippen LogP contribution >= 0.6 is 0 Å². The molecule has 0 bridgehead atoms. The first kappa shape index (κ1) is 12.2. The van der Waals surface area contributed by atoms with Gasteiger partial charge in [0.25, 0.3) is 0 Å². The Bertz CT molecular complexity index is 267. The summed E-state index contributed by atoms with van der Waals surface area (Å²) in [4.78, 5) is 0. The van der Waals surface area contributed by atoms with Crippen LogP contribution < -0.4 is 10.6 Å². The first-order chi connectivity index (χ1) is 7.18. The maximum Gasteiger partial charge on any atom is 0.0762 e. The van der Waals surface area contributed by atoms with Gasteiger partial charge in [0.2, 0.25) is 0 Å². The summed E-state index contributed by atoms with van der Waals surface area (Å²) < 4.78 is 0. The van der Waals surface area contributed by atoms with Crippen LogP contribution in [0.4, 0.5) is 0 Å². The molecule has 0 atom stereocenters. The van der Waals surface area contributed by atoms with Gasteiger partial charge < -0.3 is 10.6 Å². The van der Waals surface area contributed by atoms with Gasteiger partial charge in [-0.15, -0.1) is 0 Å². The van der Waals surface area contributed by atoms with Crippen molar-refractivity contribution >= 4 is 0 Å². The fraction of sp³-hybridized carbons (Fsp3) is 0.727. The minimum absolute atomic E-state index is 0.582. The third-order valence-corrected chi connectivity index (χ3v) is 2.15. The molecule has 1 heterocycles. The number of aryl methyl sites for hydroxylation is 1. The monoisotopic (exact) mass is 210 g/mol. The van der Waals surface area contributed by atoms with Crippen molar-refractivity contribution in [3.05, 3.63) is 17.5 Å². The Morgan fingerprint density at radius 3 is 2.80 bits per heavy atom. The van der Waals surface area contributed by atoms with Crippen molar-refractivity contribution in [2.75, 3.05) is 13.1 Å². The third-order valence-electron chi connectivity index (χ3n) is 2.15. The van der Waals surface area contributed by atoms with Crippen LogP contribution in [0.5, 0.6) is 0 Å². The van der Waals surface area contributed by atoms with E-state index in [1.165, 1.54) is 0 Å². The minimum Gasteiger partial charge on any atom is -0.314 e. The van der Waals surface area contributed by atoms with Gasteiger partial charge in [-0.3, -0.25) is 5.10 Å². The van der Waals surface area contributed by atoms with Crippen LogP contribution in [0.2, 0.25) is 0 Å². The Hall–Kier alpha value is -0.870. The maximum atomic E-state index is 4.16. The number of aromatic nitrogens is 2. The average molecular weight is 210 g/mol. The largest absolute Gasteiger partial charge is 0.314 e. The van der Waals surface area contributed by atoms with E-state index in [-0.39, 0.29) is 0 Å². The second-order valence-electron chi connectivity index (χ2n) is 4.18. The highest BCUT2D eigenvalue weighted by Gasteiger charge is 1.96. The van der Waals surface area contributed by atoms with Crippen LogP contribution in [0.15, 0.2) is 6.07 Å². The van der Waals surface area contributed by atoms with Crippen molar-refractivity contribution in [3.63, 3.8) is 0 Å². The Balaban J connectivity index is 1.98. The van der Waals surface area contributed by atoms with Crippen molar-refractivity contribution in [1.82, 2.24) is 20.8 Å². The molecule has 0 saturated heterocycles. The Morgan fingerprint density at radius 1 is 1.40 bits per heavy atom. The van der Waals surface area contributed by atoms with Crippen molar-refractivity contribution in [3.8, 4) is 0 Å². The van der Waals surface area contributed by atoms with Crippen molar-refractivity contribution in [2.24, 2.45) is 0 Å². The first-order valence-electron chi connectivity index (χ1n) is 5.63. The molecule has 1 rings (SSSR count). The Morgan fingerprint density at radius 2 is 2.20 bits per heavy atom. The SMILES string of the molecule is Cc1cc(CNCCCNC(C)C)n[nH]1. The molecule has 0 amide bonds. The normalized spacial score (nSPS) is 11.2. The number of hydrogen-bond donors (Lipinski definition) is 3. The zero-order valence-electron chi connectivity index (χ0n) is 9.93. The van der Waals surface area contributed by atoms with Crippen LogP contribution in [0.3, 0.4) is 0 Å². The maximum absolute atomic E-state index is 4.16. The molecule has 0 aromatic carbocycles. The summed E-state index contributed by atoms with van der Waals surface area (Å²) in [6.45, 7) is 9.31. The molecular weight excluding hydrogens is 188 g/mol. The van der Waals surface area contributed by atoms with Crippen LogP contribution in [0.25, 0.3) is 0 Å². The predicted octanol–water partition coefficient (Wildman–Crippen LogP) is 1.20. The van der Waals surface area contributed by atoms with Crippen molar-refractivity contribution in [2.45, 2.75) is 39.8 Å². The van der Waals surface area contributed by atoms with Gasteiger partial charge in [0.15, 0.2) is 0 Å². The molecule has 0 spiro atoms. The van der Waals surface area contributed by atoms with E-state index < -0.39 is 0 Å². The van der Waals surface area contributed by atoms with E-state index in [1.54, 1.807) is 0 Å². The summed E-state index contributed by atoms with van der Waals surface area (Å²) in [5.41, 5.74) is 2.21. The zero-order valence-corrected chi connectivity index (χ0v) is 9.93. The number of H-pyrrole nitrogens is 1. The van der Waals surface area contributed by atoms with E-state index in [9.17, 15) is 0 Å². The van der Waals surface area contributed by atoms with E-state index in [1.807, 2.05) is 6.92 Å². The molecule has 0 fully saturated rings. The molecule has 0 aliphatic carbocycles. The lowest BCUT2D eigenvalue weighted by molar-refractivity contribution is 0.546. The van der Waals surface area contributed by atoms with Crippen LogP contribution in [-0.2, 0) is 6.54 Å². The summed E-state index contributed by atoms with van der Waals surface area (Å²) in [7, 11) is 0. The molecule has 0 aliphatic heterocycles. The smallest absolute Gasteiger partial charge is 0.0762 e. The van der Waals surface area contributed by atoms with Gasteiger partial charge in [0.1, 0.15) is 0 Å². The highest BCUT2D eigenvalue weighted by molar-refractivity contribution is 5.05. The van der Waals surface area contributed by atoms with E-state index in [2.05, 4.69) is 40.7 Å². The molecule has 86 valence electrons. The molecule has 4 heteroatoms. The first-order valence-corrected chi connectivity index (χ1v) is 5.63. The zero-order chi connectivity index (χ0) is 11.1. The molecule has 0 saturated carbocycles. The van der Waals surface area contributed by atoms with E-state index in [0.29, 0.717) is 6.04 Å². The van der Waals surface area contributed by atoms with Gasteiger partial charge in [-0.2, -0.15) is 5.10 Å². The van der Waals surface area contributed by atoms with Gasteiger partial charge >= 0.3 is 0 Å². The second-order valence-corrected chi connectivity index (χ2v) is 4.18. The third kappa shape index (κ3) is 5.54. The molecule has 1 aromatic rings. The van der Waals surface area contributed by atoms with E-state index in [4.69, 9.17) is 0 Å². The fourth-order valence-corrected chi connectivity index (χ4v) is 1.39. The fourth-order valence-electron chi connectivity index (χ4n) is 1.39. The lowest BCUT2D eigenvalue weighted by Gasteiger charge is -2.07. The van der Waals surface area contributed by atoms with Crippen molar-refractivity contribution in [1.29, 1.82) is 0 Å². The van der Waals surface area contributed by atoms with Crippen LogP contribution in [0, 0.1) is 6.92 Å². The molecule has 1 aromatic heterocycles. The predicted molar refractivity (Wildman–Crippen MR) is 62.8 cm³/mol. The highest BCUT2D eigenvalue weighted by Crippen LogP contribution is 1.96. The summed E-state index contributed by atoms with van der Waals surface area (Å²) in [6.07, 6.45) is 1.15. The van der Waals surface area contributed by atoms with Crippen molar-refractivity contribution < 1.29 is 0 Å². The lowest BCUT2D eigenvalue weighted by atomic mass is 10.3. The topological polar surface area (TPSA) is 52.7 Å². The van der Waals surface area contributed by atoms with Gasteiger partial charge in [0.05, 0.1) is 5.69 Å². The number of rotatable bonds is 7. The van der Waals surface area contributed by atoms with Gasteiger partial charge in [-0.05, 0) is 32.5 Å². The summed E-state index contributed by atoms with van der Waals surface area (Å²) in [5, 5.41) is 13.8. The van der Waals surface area contributed by atoms with E-state index in [0.717, 1.165) is 37.4 Å². The average Bonchev–Trinajstić information content (AvgIpc) is 2.57. The summed E-state index contributed by atoms with van der Waals surface area (Å²) >= 11 is 0. The van der Waals surface area contributed by atoms with Crippen LogP contribution in [-0.4, -0.2) is 29.3 Å². The number of nitrogens with one attached hydrogen (secondary N) is 3. The number of nitrogens with zero attached hydrogens (tertiary/aromatic N) is 1. The minimum atomic E-state index is 0.582. The number of aromatic amines is 1. The quantitative estimate of drug-likeness (QED) is 0.593. The lowest BCUT2D eigenvalue weighted by Crippen LogP contribution is -2.26. The summed E-state index contributed by atoms with van der Waals surface area (Å²) in [6, 6.07) is 2.65. The van der Waals surface area contributed by atoms with Gasteiger partial charge in [-0.1, -0.05) is 13.8 Å². The molecule has 4 nitrogen and oxygen atoms in total. The number of hydrogen-bond acceptors (Lipinski definition) is 3. The Labute approximate surface area is 91.8 Å². The Kier molecular flexibility index (Phi) is 5.36. The van der Waals surface area contributed by atoms with Crippen LogP contribution in [0.1, 0.15) is 31.7 Å². The molecule has 3 N–H and O–H groups in total. The molecule has 0 aliphatic rings. The van der Waals surface area contributed by atoms with Gasteiger partial charge in [0, 0.05) is 18.3 Å². The standard InChI is InChI=1S/C11H22N4/c1-9(2)13-6-4-5-12-8-11-7-10(3)14-15-11/h7,9,12-13H,4-6,8H2,1-3H3,(H,14,15). The molecule has 15 heavy (non-hydrogen) atoms. The molecule has 0 unspecified atom stereocenters. The molecular formula is C11H22N4. The van der Waals surface area contributed by atoms with E-state index >= 15 is 0 Å². The summed E-state index contributed by atoms with van der Waals surface area (Å²) in [5.74, 6) is 0. The highest BCUT2D eigenvalue weighted by atomic mass is 15.1. The van der Waals surface area contributed by atoms with Gasteiger partial charge in [-0.25, -0.2) is 0 Å². The molecule has 0 radical (unpaired) electrons.